The third-order valence-corrected chi connectivity index (χ3v) is 5.82. The largest absolute Gasteiger partial charge is 0.384 e. The van der Waals surface area contributed by atoms with Crippen LogP contribution in [0.15, 0.2) is 35.9 Å². The van der Waals surface area contributed by atoms with Crippen molar-refractivity contribution in [3.63, 3.8) is 0 Å². The zero-order valence-corrected chi connectivity index (χ0v) is 18.2. The summed E-state index contributed by atoms with van der Waals surface area (Å²) in [6.45, 7) is 4.47. The van der Waals surface area contributed by atoms with Gasteiger partial charge in [0.15, 0.2) is 5.65 Å². The lowest BCUT2D eigenvalue weighted by Gasteiger charge is -2.14. The van der Waals surface area contributed by atoms with E-state index in [1.807, 2.05) is 35.8 Å². The number of aromatic nitrogens is 3. The molecule has 0 atom stereocenters. The van der Waals surface area contributed by atoms with E-state index in [1.165, 1.54) is 18.4 Å². The van der Waals surface area contributed by atoms with Gasteiger partial charge in [-0.05, 0) is 57.6 Å². The number of amides is 1. The lowest BCUT2D eigenvalue weighted by molar-refractivity contribution is 0.0946. The first-order valence-corrected chi connectivity index (χ1v) is 11.3. The minimum absolute atomic E-state index is 0.209. The van der Waals surface area contributed by atoms with Crippen molar-refractivity contribution in [2.45, 2.75) is 52.0 Å². The molecule has 0 saturated carbocycles. The van der Waals surface area contributed by atoms with Crippen LogP contribution in [0.1, 0.15) is 55.8 Å². The van der Waals surface area contributed by atoms with Crippen LogP contribution >= 0.6 is 0 Å². The van der Waals surface area contributed by atoms with Gasteiger partial charge < -0.3 is 20.4 Å². The van der Waals surface area contributed by atoms with Gasteiger partial charge in [0.1, 0.15) is 16.9 Å². The molecular weight excluding hydrogens is 390 g/mol. The first kappa shape index (κ1) is 21.3. The van der Waals surface area contributed by atoms with E-state index in [1.54, 1.807) is 0 Å². The van der Waals surface area contributed by atoms with E-state index in [-0.39, 0.29) is 5.91 Å². The average molecular weight is 422 g/mol. The fraction of sp³-hybridized carbons (Fsp3) is 0.458. The summed E-state index contributed by atoms with van der Waals surface area (Å²) >= 11 is 0. The molecule has 0 bridgehead atoms. The molecule has 0 fully saturated rings. The second-order valence-corrected chi connectivity index (χ2v) is 7.96. The van der Waals surface area contributed by atoms with Gasteiger partial charge in [-0.25, -0.2) is 9.97 Å². The highest BCUT2D eigenvalue weighted by molar-refractivity contribution is 6.10. The van der Waals surface area contributed by atoms with E-state index in [0.29, 0.717) is 48.8 Å². The highest BCUT2D eigenvalue weighted by Crippen LogP contribution is 2.29. The smallest absolute Gasteiger partial charge is 0.257 e. The number of nitrogens with zero attached hydrogens (tertiary/aromatic N) is 3. The van der Waals surface area contributed by atoms with Crippen molar-refractivity contribution in [1.82, 2.24) is 19.9 Å². The quantitative estimate of drug-likeness (QED) is 0.399. The van der Waals surface area contributed by atoms with Crippen LogP contribution in [0.25, 0.3) is 22.2 Å². The third-order valence-electron chi connectivity index (χ3n) is 5.82. The van der Waals surface area contributed by atoms with Crippen molar-refractivity contribution in [3.8, 4) is 0 Å². The van der Waals surface area contributed by atoms with Crippen molar-refractivity contribution in [2.75, 3.05) is 25.5 Å². The van der Waals surface area contributed by atoms with Crippen LogP contribution in [0.2, 0.25) is 0 Å². The number of fused-ring (bicyclic) bond motifs is 2. The number of nitrogens with two attached hydrogens (primary N) is 1. The summed E-state index contributed by atoms with van der Waals surface area (Å²) in [7, 11) is 0. The zero-order valence-electron chi connectivity index (χ0n) is 18.2. The Kier molecular flexibility index (Phi) is 6.82. The molecule has 7 nitrogen and oxygen atoms in total. The van der Waals surface area contributed by atoms with E-state index in [4.69, 9.17) is 20.4 Å². The van der Waals surface area contributed by atoms with Gasteiger partial charge in [0.05, 0.1) is 11.0 Å². The zero-order chi connectivity index (χ0) is 21.6. The maximum Gasteiger partial charge on any atom is 0.257 e. The third kappa shape index (κ3) is 4.71. The second-order valence-electron chi connectivity index (χ2n) is 7.96. The highest BCUT2D eigenvalue weighted by atomic mass is 16.5. The Morgan fingerprint density at radius 1 is 1.23 bits per heavy atom. The average Bonchev–Trinajstić information content (AvgIpc) is 3.06. The molecule has 1 aromatic carbocycles. The number of para-hydroxylation sites is 2. The van der Waals surface area contributed by atoms with Crippen molar-refractivity contribution < 1.29 is 9.53 Å². The molecule has 4 rings (SSSR count). The van der Waals surface area contributed by atoms with Gasteiger partial charge in [-0.2, -0.15) is 0 Å². The minimum Gasteiger partial charge on any atom is -0.384 e. The lowest BCUT2D eigenvalue weighted by Crippen LogP contribution is -2.26. The maximum atomic E-state index is 13.0. The van der Waals surface area contributed by atoms with Crippen LogP contribution in [0.3, 0.4) is 0 Å². The predicted octanol–water partition coefficient (Wildman–Crippen LogP) is 4.21. The van der Waals surface area contributed by atoms with Crippen LogP contribution in [0.4, 0.5) is 5.82 Å². The predicted molar refractivity (Wildman–Crippen MR) is 124 cm³/mol. The van der Waals surface area contributed by atoms with Gasteiger partial charge in [0.25, 0.3) is 5.91 Å². The molecule has 1 aliphatic carbocycles. The van der Waals surface area contributed by atoms with Gasteiger partial charge in [-0.1, -0.05) is 23.8 Å². The first-order valence-electron chi connectivity index (χ1n) is 11.3. The molecule has 7 heteroatoms. The molecule has 0 spiro atoms. The molecule has 2 heterocycles. The molecule has 1 aliphatic rings. The fourth-order valence-electron chi connectivity index (χ4n) is 4.16. The van der Waals surface area contributed by atoms with Gasteiger partial charge in [0.2, 0.25) is 0 Å². The molecule has 2 aromatic heterocycles. The van der Waals surface area contributed by atoms with Crippen LogP contribution in [0, 0.1) is 0 Å². The lowest BCUT2D eigenvalue weighted by atomic mass is 9.97. The van der Waals surface area contributed by atoms with E-state index < -0.39 is 0 Å². The molecule has 0 aliphatic heterocycles. The van der Waals surface area contributed by atoms with Crippen LogP contribution in [0.5, 0.6) is 0 Å². The Morgan fingerprint density at radius 3 is 2.77 bits per heavy atom. The van der Waals surface area contributed by atoms with Gasteiger partial charge in [-0.3, -0.25) is 4.79 Å². The molecule has 31 heavy (non-hydrogen) atoms. The first-order chi connectivity index (χ1) is 15.2. The highest BCUT2D eigenvalue weighted by Gasteiger charge is 2.24. The Labute approximate surface area is 182 Å². The number of rotatable bonds is 9. The molecule has 1 amide bonds. The number of ether oxygens (including phenoxy) is 1. The van der Waals surface area contributed by atoms with Crippen molar-refractivity contribution in [2.24, 2.45) is 0 Å². The monoisotopic (exact) mass is 421 g/mol. The summed E-state index contributed by atoms with van der Waals surface area (Å²) in [6.07, 6.45) is 8.81. The van der Waals surface area contributed by atoms with Gasteiger partial charge in [0, 0.05) is 26.3 Å². The molecular formula is C24H31N5O2. The summed E-state index contributed by atoms with van der Waals surface area (Å²) in [5.74, 6) is 0.225. The summed E-state index contributed by atoms with van der Waals surface area (Å²) in [4.78, 5) is 22.6. The number of hydrogen-bond donors (Lipinski definition) is 2. The van der Waals surface area contributed by atoms with Crippen LogP contribution < -0.4 is 11.1 Å². The summed E-state index contributed by atoms with van der Waals surface area (Å²) < 4.78 is 7.31. The fourth-order valence-corrected chi connectivity index (χ4v) is 4.16. The number of anilines is 1. The SMILES string of the molecule is CCOCCCNC(=O)c1c(N)n(CCC2=CCCCC2)c2nc3ccccc3nc12. The molecule has 3 aromatic rings. The van der Waals surface area contributed by atoms with Crippen LogP contribution in [-0.2, 0) is 11.3 Å². The Bertz CT molecular complexity index is 1100. The van der Waals surface area contributed by atoms with E-state index in [9.17, 15) is 4.79 Å². The Hall–Kier alpha value is -2.93. The van der Waals surface area contributed by atoms with Crippen LogP contribution in [-0.4, -0.2) is 40.2 Å². The number of hydrogen-bond acceptors (Lipinski definition) is 5. The van der Waals surface area contributed by atoms with E-state index >= 15 is 0 Å². The van der Waals surface area contributed by atoms with Gasteiger partial charge in [-0.15, -0.1) is 0 Å². The van der Waals surface area contributed by atoms with Crippen molar-refractivity contribution in [1.29, 1.82) is 0 Å². The number of carbonyl (C=O) groups is 1. The van der Waals surface area contributed by atoms with Crippen molar-refractivity contribution in [3.05, 3.63) is 41.5 Å². The number of nitrogen functional groups attached to an aromatic ring is 1. The van der Waals surface area contributed by atoms with E-state index in [0.717, 1.165) is 36.7 Å². The standard InChI is InChI=1S/C24H31N5O2/c1-2-31-16-8-14-26-24(30)20-21-23(28-19-12-7-6-11-18(19)27-21)29(22(20)25)15-13-17-9-4-3-5-10-17/h6-7,9,11-12H,2-5,8,10,13-16,25H2,1H3,(H,26,30). The molecule has 3 N–H and O–H groups in total. The molecule has 0 radical (unpaired) electrons. The van der Waals surface area contributed by atoms with Crippen molar-refractivity contribution >= 4 is 33.9 Å². The normalized spacial score (nSPS) is 14.2. The van der Waals surface area contributed by atoms with E-state index in [2.05, 4.69) is 11.4 Å². The summed E-state index contributed by atoms with van der Waals surface area (Å²) in [6, 6.07) is 7.71. The molecule has 0 unspecified atom stereocenters. The molecule has 164 valence electrons. The maximum absolute atomic E-state index is 13.0. The summed E-state index contributed by atoms with van der Waals surface area (Å²) in [5.41, 5.74) is 11.2. The number of aryl methyl sites for hydroxylation is 1. The Morgan fingerprint density at radius 2 is 2.03 bits per heavy atom. The number of allylic oxidation sites excluding steroid dienone is 2. The Balaban J connectivity index is 1.66. The second kappa shape index (κ2) is 9.92. The minimum atomic E-state index is -0.209. The topological polar surface area (TPSA) is 95.1 Å². The number of nitrogens with one attached hydrogen (secondary N) is 1. The number of benzene rings is 1. The number of carbonyl (C=O) groups excluding carboxylic acids is 1. The van der Waals surface area contributed by atoms with Gasteiger partial charge >= 0.3 is 0 Å². The summed E-state index contributed by atoms with van der Waals surface area (Å²) in [5, 5.41) is 2.97. The molecule has 0 saturated heterocycles.